The molecule has 0 saturated heterocycles. The van der Waals surface area contributed by atoms with Crippen LogP contribution in [-0.4, -0.2) is 107 Å². The fraction of sp³-hybridized carbons (Fsp3) is 0.375. The zero-order chi connectivity index (χ0) is 35.9. The van der Waals surface area contributed by atoms with Crippen molar-refractivity contribution >= 4 is 22.4 Å². The first-order valence-corrected chi connectivity index (χ1v) is 16.8. The third-order valence-electron chi connectivity index (χ3n) is 7.27. The Labute approximate surface area is 300 Å². The van der Waals surface area contributed by atoms with Gasteiger partial charge in [0.2, 0.25) is 5.75 Å². The van der Waals surface area contributed by atoms with Gasteiger partial charge in [0.1, 0.15) is 19.8 Å². The van der Waals surface area contributed by atoms with Gasteiger partial charge in [-0.05, 0) is 59.3 Å². The minimum absolute atomic E-state index is 0.205. The molecule has 272 valence electrons. The number of hydrogen-bond acceptors (Lipinski definition) is 10. The highest BCUT2D eigenvalue weighted by molar-refractivity contribution is 6.05. The van der Waals surface area contributed by atoms with Gasteiger partial charge in [0.05, 0.1) is 59.5 Å². The van der Waals surface area contributed by atoms with Crippen LogP contribution in [0.2, 0.25) is 0 Å². The Morgan fingerprint density at radius 3 is 1.59 bits per heavy atom. The Morgan fingerprint density at radius 2 is 1.02 bits per heavy atom. The second-order valence-electron chi connectivity index (χ2n) is 11.0. The molecule has 0 spiro atoms. The van der Waals surface area contributed by atoms with Crippen molar-refractivity contribution in [3.63, 3.8) is 0 Å². The lowest BCUT2D eigenvalue weighted by Gasteiger charge is -2.19. The number of ether oxygens (including phenoxy) is 9. The van der Waals surface area contributed by atoms with Crippen LogP contribution in [0.1, 0.15) is 21.5 Å². The average Bonchev–Trinajstić information content (AvgIpc) is 3.15. The fourth-order valence-corrected chi connectivity index (χ4v) is 4.67. The van der Waals surface area contributed by atoms with Gasteiger partial charge in [0, 0.05) is 43.7 Å². The molecular weight excluding hydrogens is 654 g/mol. The number of carbonyl (C=O) groups excluding carboxylic acids is 1. The van der Waals surface area contributed by atoms with Crippen molar-refractivity contribution in [3.05, 3.63) is 95.6 Å². The number of methoxy groups -OCH3 is 3. The minimum Gasteiger partial charge on any atom is -0.487 e. The third-order valence-corrected chi connectivity index (χ3v) is 7.27. The molecule has 1 N–H and O–H groups in total. The number of rotatable bonds is 23. The van der Waals surface area contributed by atoms with Crippen molar-refractivity contribution in [2.75, 3.05) is 106 Å². The third kappa shape index (κ3) is 13.9. The first-order chi connectivity index (χ1) is 25.1. The summed E-state index contributed by atoms with van der Waals surface area (Å²) >= 11 is 0. The molecule has 0 radical (unpaired) electrons. The molecule has 11 heteroatoms. The summed E-state index contributed by atoms with van der Waals surface area (Å²) in [5, 5.41) is 5.27. The molecule has 4 aromatic rings. The van der Waals surface area contributed by atoms with E-state index >= 15 is 0 Å². The summed E-state index contributed by atoms with van der Waals surface area (Å²) in [6, 6.07) is 24.9. The fourth-order valence-electron chi connectivity index (χ4n) is 4.67. The quantitative estimate of drug-likeness (QED) is 0.0773. The van der Waals surface area contributed by atoms with Crippen LogP contribution in [0, 0.1) is 11.8 Å². The molecule has 11 nitrogen and oxygen atoms in total. The van der Waals surface area contributed by atoms with Crippen LogP contribution >= 0.6 is 0 Å². The Balaban J connectivity index is 1.49. The van der Waals surface area contributed by atoms with Crippen LogP contribution < -0.4 is 19.5 Å². The Kier molecular flexibility index (Phi) is 17.6. The molecule has 4 aromatic carbocycles. The van der Waals surface area contributed by atoms with E-state index in [9.17, 15) is 4.79 Å². The largest absolute Gasteiger partial charge is 0.487 e. The van der Waals surface area contributed by atoms with E-state index in [1.54, 1.807) is 33.5 Å². The van der Waals surface area contributed by atoms with Gasteiger partial charge >= 0.3 is 0 Å². The molecule has 0 heterocycles. The Hall–Kier alpha value is -4.67. The van der Waals surface area contributed by atoms with E-state index in [-0.39, 0.29) is 25.7 Å². The van der Waals surface area contributed by atoms with Crippen molar-refractivity contribution in [1.82, 2.24) is 0 Å². The second-order valence-corrected chi connectivity index (χ2v) is 11.0. The lowest BCUT2D eigenvalue weighted by molar-refractivity contribution is 0.0468. The maximum absolute atomic E-state index is 13.6. The molecule has 0 aliphatic rings. The average molecular weight is 702 g/mol. The summed E-state index contributed by atoms with van der Waals surface area (Å²) < 4.78 is 50.1. The van der Waals surface area contributed by atoms with Crippen LogP contribution in [0.4, 0.5) is 5.69 Å². The molecule has 0 aliphatic carbocycles. The number of hydrogen-bond donors (Lipinski definition) is 1. The molecule has 51 heavy (non-hydrogen) atoms. The van der Waals surface area contributed by atoms with Gasteiger partial charge < -0.3 is 47.9 Å². The normalized spacial score (nSPS) is 10.8. The van der Waals surface area contributed by atoms with Crippen LogP contribution in [0.5, 0.6) is 17.2 Å². The highest BCUT2D eigenvalue weighted by Crippen LogP contribution is 2.39. The SMILES string of the molecule is COCCOCCOc1cc(C(=O)Nc2ccc(C#Cc3ccc4ccccc4c3)cc2)cc(OCCOCCOC)c1OCCOCCOC. The minimum atomic E-state index is -0.359. The summed E-state index contributed by atoms with van der Waals surface area (Å²) in [5.74, 6) is 7.05. The summed E-state index contributed by atoms with van der Waals surface area (Å²) in [4.78, 5) is 13.6. The van der Waals surface area contributed by atoms with Gasteiger partial charge in [-0.3, -0.25) is 4.79 Å². The topological polar surface area (TPSA) is 112 Å². The Bertz CT molecular complexity index is 1650. The molecule has 0 unspecified atom stereocenters. The van der Waals surface area contributed by atoms with Crippen molar-refractivity contribution in [1.29, 1.82) is 0 Å². The highest BCUT2D eigenvalue weighted by atomic mass is 16.6. The molecular formula is C40H47NO10. The maximum atomic E-state index is 13.6. The number of carbonyl (C=O) groups is 1. The van der Waals surface area contributed by atoms with Crippen molar-refractivity contribution in [2.24, 2.45) is 0 Å². The lowest BCUT2D eigenvalue weighted by Crippen LogP contribution is -2.16. The van der Waals surface area contributed by atoms with E-state index in [0.29, 0.717) is 88.0 Å². The molecule has 0 bridgehead atoms. The van der Waals surface area contributed by atoms with Crippen LogP contribution in [0.3, 0.4) is 0 Å². The van der Waals surface area contributed by atoms with Gasteiger partial charge in [0.25, 0.3) is 5.91 Å². The summed E-state index contributed by atoms with van der Waals surface area (Å²) in [5.41, 5.74) is 2.66. The van der Waals surface area contributed by atoms with Gasteiger partial charge in [-0.1, -0.05) is 42.2 Å². The van der Waals surface area contributed by atoms with E-state index in [0.717, 1.165) is 16.5 Å². The van der Waals surface area contributed by atoms with Crippen molar-refractivity contribution < 1.29 is 47.4 Å². The summed E-state index contributed by atoms with van der Waals surface area (Å²) in [6.07, 6.45) is 0. The monoisotopic (exact) mass is 701 g/mol. The molecule has 0 atom stereocenters. The van der Waals surface area contributed by atoms with E-state index < -0.39 is 0 Å². The van der Waals surface area contributed by atoms with Gasteiger partial charge in [-0.15, -0.1) is 0 Å². The standard InChI is InChI=1S/C40H47NO10/c1-43-16-19-46-22-25-49-37-29-35(30-38(50-26-23-47-20-17-44-2)39(37)51-27-24-48-21-18-45-3)40(42)41-36-14-11-31(12-15-36)8-9-32-10-13-33-6-4-5-7-34(33)28-32/h4-7,10-15,28-30H,16-27H2,1-3H3,(H,41,42). The van der Waals surface area contributed by atoms with Crippen LogP contribution in [0.25, 0.3) is 10.8 Å². The first-order valence-electron chi connectivity index (χ1n) is 16.8. The predicted octanol–water partition coefficient (Wildman–Crippen LogP) is 5.62. The smallest absolute Gasteiger partial charge is 0.255 e. The van der Waals surface area contributed by atoms with E-state index in [1.165, 1.54) is 5.39 Å². The zero-order valence-electron chi connectivity index (χ0n) is 29.6. The van der Waals surface area contributed by atoms with E-state index in [2.05, 4.69) is 41.4 Å². The molecule has 1 amide bonds. The van der Waals surface area contributed by atoms with Crippen LogP contribution in [0.15, 0.2) is 78.9 Å². The zero-order valence-corrected chi connectivity index (χ0v) is 29.6. The van der Waals surface area contributed by atoms with Crippen molar-refractivity contribution in [2.45, 2.75) is 0 Å². The van der Waals surface area contributed by atoms with Gasteiger partial charge in [-0.2, -0.15) is 0 Å². The number of amides is 1. The van der Waals surface area contributed by atoms with Crippen LogP contribution in [-0.2, 0) is 28.4 Å². The predicted molar refractivity (Wildman–Crippen MR) is 195 cm³/mol. The molecule has 0 aliphatic heterocycles. The second kappa shape index (κ2) is 22.9. The maximum Gasteiger partial charge on any atom is 0.255 e. The van der Waals surface area contributed by atoms with E-state index in [4.69, 9.17) is 42.6 Å². The molecule has 0 fully saturated rings. The Morgan fingerprint density at radius 1 is 0.529 bits per heavy atom. The molecule has 4 rings (SSSR count). The van der Waals surface area contributed by atoms with Gasteiger partial charge in [-0.25, -0.2) is 0 Å². The van der Waals surface area contributed by atoms with Gasteiger partial charge in [0.15, 0.2) is 11.5 Å². The summed E-state index contributed by atoms with van der Waals surface area (Å²) in [6.45, 7) is 4.24. The number of benzene rings is 4. The molecule has 0 saturated carbocycles. The highest BCUT2D eigenvalue weighted by Gasteiger charge is 2.20. The first kappa shape index (κ1) is 39.1. The lowest BCUT2D eigenvalue weighted by atomic mass is 10.1. The number of anilines is 1. The number of nitrogens with one attached hydrogen (secondary N) is 1. The number of fused-ring (bicyclic) bond motifs is 1. The van der Waals surface area contributed by atoms with Crippen molar-refractivity contribution in [3.8, 4) is 29.1 Å². The summed E-state index contributed by atoms with van der Waals surface area (Å²) in [7, 11) is 4.83. The molecule has 0 aromatic heterocycles. The van der Waals surface area contributed by atoms with E-state index in [1.807, 2.05) is 42.5 Å².